The van der Waals surface area contributed by atoms with E-state index in [9.17, 15) is 9.59 Å². The minimum atomic E-state index is -0.139. The van der Waals surface area contributed by atoms with Gasteiger partial charge in [0.05, 0.1) is 16.6 Å². The lowest BCUT2D eigenvalue weighted by atomic mass is 10.1. The number of amides is 1. The molecule has 0 aliphatic rings. The van der Waals surface area contributed by atoms with Crippen molar-refractivity contribution >= 4 is 34.2 Å². The first-order chi connectivity index (χ1) is 14.5. The van der Waals surface area contributed by atoms with Crippen LogP contribution in [0, 0.1) is 0 Å². The quantitative estimate of drug-likeness (QED) is 0.339. The third kappa shape index (κ3) is 5.09. The maximum absolute atomic E-state index is 13.0. The van der Waals surface area contributed by atoms with Gasteiger partial charge in [-0.2, -0.15) is 5.10 Å². The summed E-state index contributed by atoms with van der Waals surface area (Å²) in [6.45, 7) is 4.30. The minimum Gasteiger partial charge on any atom is -0.385 e. The Hall–Kier alpha value is -3.52. The van der Waals surface area contributed by atoms with E-state index in [0.717, 1.165) is 5.56 Å². The molecule has 0 unspecified atom stereocenters. The van der Waals surface area contributed by atoms with Crippen molar-refractivity contribution < 1.29 is 9.53 Å². The van der Waals surface area contributed by atoms with Crippen molar-refractivity contribution in [3.05, 3.63) is 64.4 Å². The van der Waals surface area contributed by atoms with Gasteiger partial charge in [0.15, 0.2) is 0 Å². The molecular weight excluding hydrogens is 382 g/mol. The van der Waals surface area contributed by atoms with Crippen molar-refractivity contribution in [3.63, 3.8) is 0 Å². The van der Waals surface area contributed by atoms with Crippen LogP contribution in [0.3, 0.4) is 0 Å². The molecule has 0 saturated heterocycles. The lowest BCUT2D eigenvalue weighted by Gasteiger charge is -2.13. The van der Waals surface area contributed by atoms with Crippen LogP contribution in [0.25, 0.3) is 10.9 Å². The Labute approximate surface area is 174 Å². The number of anilines is 2. The van der Waals surface area contributed by atoms with Crippen LogP contribution < -0.4 is 16.3 Å². The summed E-state index contributed by atoms with van der Waals surface area (Å²) in [6.07, 6.45) is 0.673. The highest BCUT2D eigenvalue weighted by molar-refractivity contribution is 6.00. The van der Waals surface area contributed by atoms with Crippen LogP contribution in [0.1, 0.15) is 25.8 Å². The number of para-hydroxylation sites is 1. The molecule has 0 atom stereocenters. The van der Waals surface area contributed by atoms with Gasteiger partial charge in [-0.1, -0.05) is 24.3 Å². The number of nitrogens with one attached hydrogen (secondary N) is 2. The van der Waals surface area contributed by atoms with Gasteiger partial charge in [-0.25, -0.2) is 10.4 Å². The van der Waals surface area contributed by atoms with E-state index in [4.69, 9.17) is 4.74 Å². The predicted octanol–water partition coefficient (Wildman–Crippen LogP) is 3.23. The highest BCUT2D eigenvalue weighted by atomic mass is 16.5. The number of ether oxygens (including phenoxy) is 1. The zero-order chi connectivity index (χ0) is 21.5. The average Bonchev–Trinajstić information content (AvgIpc) is 2.73. The maximum atomic E-state index is 13.0. The van der Waals surface area contributed by atoms with Crippen LogP contribution in [0.4, 0.5) is 11.6 Å². The number of nitrogens with zero attached hydrogens (tertiary/aromatic N) is 3. The second-order valence-corrected chi connectivity index (χ2v) is 6.83. The lowest BCUT2D eigenvalue weighted by molar-refractivity contribution is -0.114. The fourth-order valence-electron chi connectivity index (χ4n) is 3.05. The minimum absolute atomic E-state index is 0.125. The van der Waals surface area contributed by atoms with Gasteiger partial charge >= 0.3 is 0 Å². The Morgan fingerprint density at radius 3 is 2.73 bits per heavy atom. The van der Waals surface area contributed by atoms with Gasteiger partial charge in [0.1, 0.15) is 0 Å². The smallest absolute Gasteiger partial charge is 0.262 e. The van der Waals surface area contributed by atoms with E-state index in [1.165, 1.54) is 6.92 Å². The lowest BCUT2D eigenvalue weighted by Crippen LogP contribution is -2.25. The summed E-state index contributed by atoms with van der Waals surface area (Å²) in [7, 11) is 1.63. The molecular formula is C22H25N5O3. The number of fused-ring (bicyclic) bond motifs is 1. The van der Waals surface area contributed by atoms with Gasteiger partial charge in [-0.3, -0.25) is 14.2 Å². The second-order valence-electron chi connectivity index (χ2n) is 6.83. The number of rotatable bonds is 8. The van der Waals surface area contributed by atoms with Gasteiger partial charge in [0.25, 0.3) is 5.56 Å². The van der Waals surface area contributed by atoms with Gasteiger partial charge < -0.3 is 10.1 Å². The molecule has 1 amide bonds. The molecule has 1 aromatic heterocycles. The number of hydrogen-bond donors (Lipinski definition) is 2. The summed E-state index contributed by atoms with van der Waals surface area (Å²) in [5.41, 5.74) is 5.64. The van der Waals surface area contributed by atoms with Crippen molar-refractivity contribution in [2.75, 3.05) is 24.5 Å². The fraction of sp³-hybridized carbons (Fsp3) is 0.273. The van der Waals surface area contributed by atoms with Gasteiger partial charge in [-0.15, -0.1) is 0 Å². The fourth-order valence-corrected chi connectivity index (χ4v) is 3.05. The zero-order valence-corrected chi connectivity index (χ0v) is 17.3. The van der Waals surface area contributed by atoms with Crippen LogP contribution in [-0.4, -0.2) is 34.9 Å². The van der Waals surface area contributed by atoms with Crippen molar-refractivity contribution in [3.8, 4) is 0 Å². The molecule has 8 heteroatoms. The van der Waals surface area contributed by atoms with E-state index in [0.29, 0.717) is 47.8 Å². The Morgan fingerprint density at radius 1 is 1.17 bits per heavy atom. The molecule has 0 radical (unpaired) electrons. The Bertz CT molecular complexity index is 1140. The number of hydrazone groups is 1. The largest absolute Gasteiger partial charge is 0.385 e. The number of methoxy groups -OCH3 is 1. The summed E-state index contributed by atoms with van der Waals surface area (Å²) < 4.78 is 6.69. The summed E-state index contributed by atoms with van der Waals surface area (Å²) in [5, 5.41) is 7.74. The monoisotopic (exact) mass is 407 g/mol. The van der Waals surface area contributed by atoms with Crippen molar-refractivity contribution in [2.45, 2.75) is 26.8 Å². The Balaban J connectivity index is 1.93. The molecule has 8 nitrogen and oxygen atoms in total. The number of aromatic nitrogens is 2. The van der Waals surface area contributed by atoms with Crippen LogP contribution in [0.5, 0.6) is 0 Å². The topological polar surface area (TPSA) is 97.6 Å². The molecule has 0 aliphatic heterocycles. The van der Waals surface area contributed by atoms with E-state index in [1.54, 1.807) is 23.8 Å². The van der Waals surface area contributed by atoms with Gasteiger partial charge in [0.2, 0.25) is 11.9 Å². The maximum Gasteiger partial charge on any atom is 0.262 e. The SMILES string of the molecule is COCCCn1c(N/N=C(/C)c2cccc(NC(C)=O)c2)nc2ccccc2c1=O. The third-order valence-corrected chi connectivity index (χ3v) is 4.52. The Kier molecular flexibility index (Phi) is 6.92. The average molecular weight is 407 g/mol. The van der Waals surface area contributed by atoms with Gasteiger partial charge in [-0.05, 0) is 43.2 Å². The molecule has 3 aromatic rings. The first kappa shape index (κ1) is 21.2. The molecule has 156 valence electrons. The van der Waals surface area contributed by atoms with Crippen molar-refractivity contribution in [1.29, 1.82) is 0 Å². The number of hydrogen-bond acceptors (Lipinski definition) is 6. The molecule has 2 N–H and O–H groups in total. The summed E-state index contributed by atoms with van der Waals surface area (Å²) in [4.78, 5) is 28.8. The first-order valence-corrected chi connectivity index (χ1v) is 9.66. The predicted molar refractivity (Wildman–Crippen MR) is 119 cm³/mol. The number of carbonyl (C=O) groups is 1. The van der Waals surface area contributed by atoms with Crippen LogP contribution in [-0.2, 0) is 16.1 Å². The molecule has 30 heavy (non-hydrogen) atoms. The molecule has 0 spiro atoms. The van der Waals surface area contributed by atoms with Crippen molar-refractivity contribution in [1.82, 2.24) is 9.55 Å². The van der Waals surface area contributed by atoms with E-state index in [2.05, 4.69) is 20.8 Å². The molecule has 1 heterocycles. The highest BCUT2D eigenvalue weighted by Gasteiger charge is 2.11. The first-order valence-electron chi connectivity index (χ1n) is 9.66. The molecule has 0 bridgehead atoms. The summed E-state index contributed by atoms with van der Waals surface area (Å²) >= 11 is 0. The molecule has 0 saturated carbocycles. The van der Waals surface area contributed by atoms with Crippen molar-refractivity contribution in [2.24, 2.45) is 5.10 Å². The third-order valence-electron chi connectivity index (χ3n) is 4.52. The van der Waals surface area contributed by atoms with E-state index >= 15 is 0 Å². The zero-order valence-electron chi connectivity index (χ0n) is 17.3. The van der Waals surface area contributed by atoms with Crippen LogP contribution in [0.2, 0.25) is 0 Å². The second kappa shape index (κ2) is 9.80. The standard InChI is InChI=1S/C22H25N5O3/c1-15(17-8-6-9-18(14-17)23-16(2)28)25-26-22-24-20-11-5-4-10-19(20)21(29)27(22)12-7-13-30-3/h4-6,8-11,14H,7,12-13H2,1-3H3,(H,23,28)(H,24,26)/b25-15-. The summed E-state index contributed by atoms with van der Waals surface area (Å²) in [6, 6.07) is 14.6. The van der Waals surface area contributed by atoms with Gasteiger partial charge in [0, 0.05) is 32.9 Å². The molecule has 2 aromatic carbocycles. The number of carbonyl (C=O) groups excluding carboxylic acids is 1. The van der Waals surface area contributed by atoms with E-state index in [-0.39, 0.29) is 11.5 Å². The van der Waals surface area contributed by atoms with Crippen LogP contribution in [0.15, 0.2) is 58.4 Å². The molecule has 0 fully saturated rings. The normalized spacial score (nSPS) is 11.5. The Morgan fingerprint density at radius 2 is 1.97 bits per heavy atom. The number of benzene rings is 2. The van der Waals surface area contributed by atoms with E-state index in [1.807, 2.05) is 43.3 Å². The summed E-state index contributed by atoms with van der Waals surface area (Å²) in [5.74, 6) is 0.229. The molecule has 0 aliphatic carbocycles. The van der Waals surface area contributed by atoms with E-state index < -0.39 is 0 Å². The highest BCUT2D eigenvalue weighted by Crippen LogP contribution is 2.14. The van der Waals surface area contributed by atoms with Crippen LogP contribution >= 0.6 is 0 Å². The molecule has 3 rings (SSSR count).